The summed E-state index contributed by atoms with van der Waals surface area (Å²) in [6, 6.07) is 3.73. The highest BCUT2D eigenvalue weighted by Gasteiger charge is 2.45. The third-order valence-corrected chi connectivity index (χ3v) is 3.86. The number of pyridine rings is 1. The van der Waals surface area contributed by atoms with E-state index >= 15 is 0 Å². The number of hydrogen-bond acceptors (Lipinski definition) is 3. The van der Waals surface area contributed by atoms with Crippen LogP contribution in [0.3, 0.4) is 0 Å². The van der Waals surface area contributed by atoms with Crippen molar-refractivity contribution >= 4 is 17.4 Å². The molecule has 3 nitrogen and oxygen atoms in total. The van der Waals surface area contributed by atoms with Crippen LogP contribution in [0.1, 0.15) is 35.3 Å². The molecule has 0 N–H and O–H groups in total. The predicted molar refractivity (Wildman–Crippen MR) is 59.9 cm³/mol. The Hall–Kier alpha value is -0.930. The molecule has 0 atom stereocenters. The number of Topliss-reactive ketones (excluding diaryl/α,β-unsaturated/α-hetero) is 1. The fourth-order valence-electron chi connectivity index (χ4n) is 2.77. The average molecular weight is 238 g/mol. The molecule has 0 saturated carbocycles. The zero-order valence-corrected chi connectivity index (χ0v) is 9.59. The fourth-order valence-corrected chi connectivity index (χ4v) is 2.92. The Morgan fingerprint density at radius 1 is 1.31 bits per heavy atom. The van der Waals surface area contributed by atoms with Gasteiger partial charge in [-0.3, -0.25) is 4.79 Å². The second-order valence-corrected chi connectivity index (χ2v) is 4.91. The van der Waals surface area contributed by atoms with Gasteiger partial charge in [0.1, 0.15) is 10.8 Å². The van der Waals surface area contributed by atoms with Crippen molar-refractivity contribution in [3.05, 3.63) is 28.5 Å². The van der Waals surface area contributed by atoms with Gasteiger partial charge in [0.05, 0.1) is 0 Å². The van der Waals surface area contributed by atoms with Crippen molar-refractivity contribution in [2.75, 3.05) is 13.2 Å². The monoisotopic (exact) mass is 237 g/mol. The van der Waals surface area contributed by atoms with Crippen LogP contribution in [0, 0.1) is 0 Å². The second kappa shape index (κ2) is 3.54. The molecule has 0 aromatic carbocycles. The third kappa shape index (κ3) is 1.39. The third-order valence-electron chi connectivity index (χ3n) is 3.65. The van der Waals surface area contributed by atoms with Crippen LogP contribution in [-0.4, -0.2) is 24.0 Å². The number of rotatable bonds is 0. The zero-order chi connectivity index (χ0) is 11.2. The highest BCUT2D eigenvalue weighted by Crippen LogP contribution is 2.45. The number of ether oxygens (including phenoxy) is 1. The second-order valence-electron chi connectivity index (χ2n) is 4.52. The van der Waals surface area contributed by atoms with Gasteiger partial charge in [-0.15, -0.1) is 0 Å². The van der Waals surface area contributed by atoms with Crippen molar-refractivity contribution in [1.29, 1.82) is 0 Å². The highest BCUT2D eigenvalue weighted by molar-refractivity contribution is 6.29. The molecule has 1 aromatic heterocycles. The number of aromatic nitrogens is 1. The first-order chi connectivity index (χ1) is 7.71. The van der Waals surface area contributed by atoms with Crippen LogP contribution < -0.4 is 0 Å². The SMILES string of the molecule is O=C1CC2(CCOCC2)c2ccc(Cl)nc21. The number of fused-ring (bicyclic) bond motifs is 2. The van der Waals surface area contributed by atoms with Crippen molar-refractivity contribution in [1.82, 2.24) is 4.98 Å². The quantitative estimate of drug-likeness (QED) is 0.651. The van der Waals surface area contributed by atoms with E-state index < -0.39 is 0 Å². The molecule has 4 heteroatoms. The van der Waals surface area contributed by atoms with Gasteiger partial charge in [-0.25, -0.2) is 4.98 Å². The van der Waals surface area contributed by atoms with Crippen molar-refractivity contribution in [2.24, 2.45) is 0 Å². The van der Waals surface area contributed by atoms with Crippen molar-refractivity contribution in [2.45, 2.75) is 24.7 Å². The summed E-state index contributed by atoms with van der Waals surface area (Å²) in [6.07, 6.45) is 2.39. The van der Waals surface area contributed by atoms with E-state index in [0.717, 1.165) is 31.6 Å². The smallest absolute Gasteiger partial charge is 0.182 e. The van der Waals surface area contributed by atoms with E-state index in [1.807, 2.05) is 6.07 Å². The summed E-state index contributed by atoms with van der Waals surface area (Å²) in [5.41, 5.74) is 1.63. The van der Waals surface area contributed by atoms with Crippen LogP contribution in [-0.2, 0) is 10.2 Å². The van der Waals surface area contributed by atoms with E-state index in [4.69, 9.17) is 16.3 Å². The Morgan fingerprint density at radius 3 is 2.81 bits per heavy atom. The number of carbonyl (C=O) groups is 1. The van der Waals surface area contributed by atoms with Gasteiger partial charge in [0.25, 0.3) is 0 Å². The van der Waals surface area contributed by atoms with E-state index in [2.05, 4.69) is 4.98 Å². The molecule has 84 valence electrons. The minimum Gasteiger partial charge on any atom is -0.381 e. The Kier molecular flexibility index (Phi) is 2.26. The van der Waals surface area contributed by atoms with Gasteiger partial charge in [0.15, 0.2) is 5.78 Å². The lowest BCUT2D eigenvalue weighted by Crippen LogP contribution is -2.31. The van der Waals surface area contributed by atoms with Crippen LogP contribution in [0.25, 0.3) is 0 Å². The first-order valence-corrected chi connectivity index (χ1v) is 5.87. The summed E-state index contributed by atoms with van der Waals surface area (Å²) in [7, 11) is 0. The van der Waals surface area contributed by atoms with E-state index in [1.54, 1.807) is 6.07 Å². The van der Waals surface area contributed by atoms with Crippen LogP contribution in [0.4, 0.5) is 0 Å². The summed E-state index contributed by atoms with van der Waals surface area (Å²) in [5.74, 6) is 0.124. The first kappa shape index (κ1) is 10.2. The van der Waals surface area contributed by atoms with Gasteiger partial charge >= 0.3 is 0 Å². The lowest BCUT2D eigenvalue weighted by Gasteiger charge is -2.33. The van der Waals surface area contributed by atoms with Gasteiger partial charge in [0, 0.05) is 25.0 Å². The summed E-state index contributed by atoms with van der Waals surface area (Å²) >= 11 is 5.83. The molecule has 0 radical (unpaired) electrons. The van der Waals surface area contributed by atoms with Crippen molar-refractivity contribution in [3.8, 4) is 0 Å². The lowest BCUT2D eigenvalue weighted by molar-refractivity contribution is 0.0491. The van der Waals surface area contributed by atoms with Gasteiger partial charge < -0.3 is 4.74 Å². The molecule has 0 amide bonds. The number of halogens is 1. The maximum atomic E-state index is 11.9. The molecule has 1 aliphatic carbocycles. The molecule has 1 spiro atoms. The Bertz CT molecular complexity index is 452. The first-order valence-electron chi connectivity index (χ1n) is 5.49. The topological polar surface area (TPSA) is 39.2 Å². The van der Waals surface area contributed by atoms with Crippen LogP contribution in [0.5, 0.6) is 0 Å². The Morgan fingerprint density at radius 2 is 2.06 bits per heavy atom. The maximum Gasteiger partial charge on any atom is 0.182 e. The molecular formula is C12H12ClNO2. The maximum absolute atomic E-state index is 11.9. The molecule has 0 unspecified atom stereocenters. The predicted octanol–water partition coefficient (Wildman–Crippen LogP) is 2.37. The van der Waals surface area contributed by atoms with Crippen molar-refractivity contribution < 1.29 is 9.53 Å². The molecule has 0 bridgehead atoms. The highest BCUT2D eigenvalue weighted by atomic mass is 35.5. The summed E-state index contributed by atoms with van der Waals surface area (Å²) < 4.78 is 5.37. The molecule has 2 heterocycles. The van der Waals surface area contributed by atoms with E-state index in [9.17, 15) is 4.79 Å². The summed E-state index contributed by atoms with van der Waals surface area (Å²) in [6.45, 7) is 1.46. The normalized spacial score (nSPS) is 22.4. The number of carbonyl (C=O) groups excluding carboxylic acids is 1. The molecule has 1 aromatic rings. The number of hydrogen-bond donors (Lipinski definition) is 0. The van der Waals surface area contributed by atoms with Gasteiger partial charge in [-0.1, -0.05) is 17.7 Å². The van der Waals surface area contributed by atoms with Crippen LogP contribution >= 0.6 is 11.6 Å². The molecule has 2 aliphatic rings. The number of ketones is 1. The average Bonchev–Trinajstić information content (AvgIpc) is 2.53. The van der Waals surface area contributed by atoms with Gasteiger partial charge in [0.2, 0.25) is 0 Å². The standard InChI is InChI=1S/C12H12ClNO2/c13-10-2-1-8-11(14-10)9(15)7-12(8)3-5-16-6-4-12/h1-2H,3-7H2. The largest absolute Gasteiger partial charge is 0.381 e. The minimum absolute atomic E-state index is 0.0255. The van der Waals surface area contributed by atoms with E-state index in [-0.39, 0.29) is 11.2 Å². The molecular weight excluding hydrogens is 226 g/mol. The van der Waals surface area contributed by atoms with Crippen LogP contribution in [0.15, 0.2) is 12.1 Å². The molecule has 1 saturated heterocycles. The van der Waals surface area contributed by atoms with Crippen molar-refractivity contribution in [3.63, 3.8) is 0 Å². The molecule has 3 rings (SSSR count). The van der Waals surface area contributed by atoms with E-state index in [0.29, 0.717) is 17.3 Å². The summed E-state index contributed by atoms with van der Waals surface area (Å²) in [4.78, 5) is 16.1. The molecule has 1 aliphatic heterocycles. The fraction of sp³-hybridized carbons (Fsp3) is 0.500. The van der Waals surface area contributed by atoms with Gasteiger partial charge in [-0.05, 0) is 24.5 Å². The van der Waals surface area contributed by atoms with E-state index in [1.165, 1.54) is 0 Å². The minimum atomic E-state index is -0.0255. The lowest BCUT2D eigenvalue weighted by atomic mass is 9.76. The van der Waals surface area contributed by atoms with Crippen LogP contribution in [0.2, 0.25) is 5.15 Å². The summed E-state index contributed by atoms with van der Waals surface area (Å²) in [5, 5.41) is 0.399. The molecule has 16 heavy (non-hydrogen) atoms. The zero-order valence-electron chi connectivity index (χ0n) is 8.83. The Balaban J connectivity index is 2.11. The van der Waals surface area contributed by atoms with Gasteiger partial charge in [-0.2, -0.15) is 0 Å². The molecule has 1 fully saturated rings. The number of nitrogens with zero attached hydrogens (tertiary/aromatic N) is 1. The Labute approximate surface area is 98.8 Å².